The molecule has 4 rings (SSSR count). The predicted molar refractivity (Wildman–Crippen MR) is 114 cm³/mol. The largest absolute Gasteiger partial charge is 0.480 e. The fourth-order valence-corrected chi connectivity index (χ4v) is 3.13. The van der Waals surface area contributed by atoms with Gasteiger partial charge in [0.05, 0.1) is 18.9 Å². The van der Waals surface area contributed by atoms with Crippen LogP contribution in [0, 0.1) is 0 Å². The molecule has 1 fully saturated rings. The highest BCUT2D eigenvalue weighted by atomic mass is 16.5. The van der Waals surface area contributed by atoms with Crippen molar-refractivity contribution in [2.75, 3.05) is 48.4 Å². The number of ether oxygens (including phenoxy) is 1. The molecule has 1 aliphatic heterocycles. The molecule has 2 aromatic heterocycles. The maximum absolute atomic E-state index is 10.9. The third kappa shape index (κ3) is 5.00. The summed E-state index contributed by atoms with van der Waals surface area (Å²) in [6.07, 6.45) is 3.38. The number of anilines is 4. The SMILES string of the molecule is O=C(O)CNc1nc(Nc2ccc(N3CCOCC3)cc2)cc(-c2cccnc2)n1. The second-order valence-corrected chi connectivity index (χ2v) is 6.72. The number of carboxylic acid groups (broad SMARTS) is 1. The summed E-state index contributed by atoms with van der Waals surface area (Å²) in [5.41, 5.74) is 3.46. The summed E-state index contributed by atoms with van der Waals surface area (Å²) in [5.74, 6) is -0.208. The number of rotatable bonds is 7. The van der Waals surface area contributed by atoms with Gasteiger partial charge in [0.25, 0.3) is 0 Å². The maximum atomic E-state index is 10.9. The van der Waals surface area contributed by atoms with E-state index >= 15 is 0 Å². The van der Waals surface area contributed by atoms with Gasteiger partial charge in [-0.3, -0.25) is 9.78 Å². The molecule has 0 amide bonds. The molecule has 9 nitrogen and oxygen atoms in total. The molecule has 0 unspecified atom stereocenters. The van der Waals surface area contributed by atoms with Crippen LogP contribution in [0.15, 0.2) is 54.9 Å². The molecule has 1 aliphatic rings. The molecule has 1 aromatic carbocycles. The van der Waals surface area contributed by atoms with Gasteiger partial charge in [-0.15, -0.1) is 0 Å². The summed E-state index contributed by atoms with van der Waals surface area (Å²) in [6, 6.07) is 13.6. The summed E-state index contributed by atoms with van der Waals surface area (Å²) < 4.78 is 5.40. The first-order chi connectivity index (χ1) is 14.7. The van der Waals surface area contributed by atoms with Gasteiger partial charge in [0.1, 0.15) is 12.4 Å². The smallest absolute Gasteiger partial charge is 0.322 e. The van der Waals surface area contributed by atoms with E-state index in [1.165, 1.54) is 0 Å². The van der Waals surface area contributed by atoms with E-state index in [-0.39, 0.29) is 12.5 Å². The summed E-state index contributed by atoms with van der Waals surface area (Å²) in [6.45, 7) is 2.97. The van der Waals surface area contributed by atoms with E-state index < -0.39 is 5.97 Å². The number of carbonyl (C=O) groups is 1. The molecule has 154 valence electrons. The van der Waals surface area contributed by atoms with Crippen molar-refractivity contribution in [1.29, 1.82) is 0 Å². The van der Waals surface area contributed by atoms with Crippen molar-refractivity contribution in [3.8, 4) is 11.3 Å². The maximum Gasteiger partial charge on any atom is 0.322 e. The second-order valence-electron chi connectivity index (χ2n) is 6.72. The number of carboxylic acids is 1. The van der Waals surface area contributed by atoms with Crippen molar-refractivity contribution < 1.29 is 14.6 Å². The van der Waals surface area contributed by atoms with E-state index in [1.54, 1.807) is 18.5 Å². The zero-order valence-electron chi connectivity index (χ0n) is 16.3. The summed E-state index contributed by atoms with van der Waals surface area (Å²) >= 11 is 0. The Balaban J connectivity index is 1.56. The first-order valence-electron chi connectivity index (χ1n) is 9.62. The molecule has 0 aliphatic carbocycles. The number of morpholine rings is 1. The van der Waals surface area contributed by atoms with E-state index in [4.69, 9.17) is 9.84 Å². The van der Waals surface area contributed by atoms with Crippen molar-refractivity contribution in [2.45, 2.75) is 0 Å². The van der Waals surface area contributed by atoms with Crippen LogP contribution in [0.3, 0.4) is 0 Å². The zero-order valence-corrected chi connectivity index (χ0v) is 16.3. The minimum Gasteiger partial charge on any atom is -0.480 e. The molecule has 0 bridgehead atoms. The Morgan fingerprint density at radius 3 is 2.63 bits per heavy atom. The average Bonchev–Trinajstić information content (AvgIpc) is 2.79. The summed E-state index contributed by atoms with van der Waals surface area (Å²) in [7, 11) is 0. The van der Waals surface area contributed by atoms with Crippen molar-refractivity contribution in [3.05, 3.63) is 54.9 Å². The number of benzene rings is 1. The summed E-state index contributed by atoms with van der Waals surface area (Å²) in [4.78, 5) is 26.1. The van der Waals surface area contributed by atoms with Gasteiger partial charge in [0.2, 0.25) is 5.95 Å². The molecule has 0 spiro atoms. The fourth-order valence-electron chi connectivity index (χ4n) is 3.13. The molecule has 1 saturated heterocycles. The van der Waals surface area contributed by atoms with Crippen LogP contribution >= 0.6 is 0 Å². The number of nitrogens with zero attached hydrogens (tertiary/aromatic N) is 4. The van der Waals surface area contributed by atoms with Crippen molar-refractivity contribution in [3.63, 3.8) is 0 Å². The van der Waals surface area contributed by atoms with Crippen molar-refractivity contribution in [2.24, 2.45) is 0 Å². The Morgan fingerprint density at radius 1 is 1.13 bits per heavy atom. The number of nitrogens with one attached hydrogen (secondary N) is 2. The quantitative estimate of drug-likeness (QED) is 0.545. The first kappa shape index (κ1) is 19.6. The average molecular weight is 406 g/mol. The van der Waals surface area contributed by atoms with Gasteiger partial charge in [-0.25, -0.2) is 4.98 Å². The summed E-state index contributed by atoms with van der Waals surface area (Å²) in [5, 5.41) is 14.9. The molecule has 0 saturated carbocycles. The Morgan fingerprint density at radius 2 is 1.93 bits per heavy atom. The molecule has 0 atom stereocenters. The lowest BCUT2D eigenvalue weighted by Crippen LogP contribution is -2.36. The number of pyridine rings is 1. The standard InChI is InChI=1S/C21H22N6O3/c28-20(29)14-23-21-25-18(15-2-1-7-22-13-15)12-19(26-21)24-16-3-5-17(6-4-16)27-8-10-30-11-9-27/h1-7,12-13H,8-11,14H2,(H,28,29)(H2,23,24,25,26). The van der Waals surface area contributed by atoms with E-state index in [2.05, 4.69) is 42.6 Å². The normalized spacial score (nSPS) is 13.7. The number of hydrogen-bond donors (Lipinski definition) is 3. The first-order valence-corrected chi connectivity index (χ1v) is 9.62. The van der Waals surface area contributed by atoms with Crippen LogP contribution in [0.25, 0.3) is 11.3 Å². The highest BCUT2D eigenvalue weighted by Crippen LogP contribution is 2.25. The molecule has 3 N–H and O–H groups in total. The van der Waals surface area contributed by atoms with Gasteiger partial charge in [0.15, 0.2) is 0 Å². The lowest BCUT2D eigenvalue weighted by molar-refractivity contribution is -0.134. The Kier molecular flexibility index (Phi) is 6.00. The third-order valence-electron chi connectivity index (χ3n) is 4.60. The minimum atomic E-state index is -0.987. The molecule has 0 radical (unpaired) electrons. The number of aliphatic carboxylic acids is 1. The predicted octanol–water partition coefficient (Wildman–Crippen LogP) is 2.62. The van der Waals surface area contributed by atoms with E-state index in [0.717, 1.165) is 43.2 Å². The number of aromatic nitrogens is 3. The van der Waals surface area contributed by atoms with Crippen LogP contribution in [-0.2, 0) is 9.53 Å². The monoisotopic (exact) mass is 406 g/mol. The van der Waals surface area contributed by atoms with Gasteiger partial charge in [0, 0.05) is 48.5 Å². The van der Waals surface area contributed by atoms with Crippen LogP contribution in [-0.4, -0.2) is 58.9 Å². The van der Waals surface area contributed by atoms with Crippen LogP contribution in [0.5, 0.6) is 0 Å². The molecule has 9 heteroatoms. The van der Waals surface area contributed by atoms with Crippen molar-refractivity contribution >= 4 is 29.1 Å². The van der Waals surface area contributed by atoms with Crippen LogP contribution in [0.4, 0.5) is 23.1 Å². The van der Waals surface area contributed by atoms with Gasteiger partial charge >= 0.3 is 5.97 Å². The second kappa shape index (κ2) is 9.19. The third-order valence-corrected chi connectivity index (χ3v) is 4.60. The lowest BCUT2D eigenvalue weighted by atomic mass is 10.2. The van der Waals surface area contributed by atoms with Gasteiger partial charge in [-0.05, 0) is 36.4 Å². The van der Waals surface area contributed by atoms with Gasteiger partial charge in [-0.1, -0.05) is 0 Å². The lowest BCUT2D eigenvalue weighted by Gasteiger charge is -2.28. The topological polar surface area (TPSA) is 112 Å². The molecular formula is C21H22N6O3. The zero-order chi connectivity index (χ0) is 20.8. The highest BCUT2D eigenvalue weighted by molar-refractivity contribution is 5.73. The van der Waals surface area contributed by atoms with Crippen LogP contribution in [0.2, 0.25) is 0 Å². The number of hydrogen-bond acceptors (Lipinski definition) is 8. The highest BCUT2D eigenvalue weighted by Gasteiger charge is 2.12. The Hall–Kier alpha value is -3.72. The minimum absolute atomic E-state index is 0.228. The van der Waals surface area contributed by atoms with E-state index in [1.807, 2.05) is 24.3 Å². The molecule has 3 aromatic rings. The molecule has 3 heterocycles. The van der Waals surface area contributed by atoms with Crippen LogP contribution in [0.1, 0.15) is 0 Å². The van der Waals surface area contributed by atoms with E-state index in [9.17, 15) is 4.79 Å². The molecule has 30 heavy (non-hydrogen) atoms. The Bertz CT molecular complexity index is 991. The van der Waals surface area contributed by atoms with Gasteiger partial charge in [-0.2, -0.15) is 4.98 Å². The van der Waals surface area contributed by atoms with Crippen LogP contribution < -0.4 is 15.5 Å². The van der Waals surface area contributed by atoms with E-state index in [0.29, 0.717) is 11.5 Å². The Labute approximate surface area is 173 Å². The molecular weight excluding hydrogens is 384 g/mol. The van der Waals surface area contributed by atoms with Crippen molar-refractivity contribution in [1.82, 2.24) is 15.0 Å². The fraction of sp³-hybridized carbons (Fsp3) is 0.238. The van der Waals surface area contributed by atoms with Gasteiger partial charge < -0.3 is 25.4 Å².